The Morgan fingerprint density at radius 2 is 1.59 bits per heavy atom. The summed E-state index contributed by atoms with van der Waals surface area (Å²) < 4.78 is 0. The lowest BCUT2D eigenvalue weighted by atomic mass is 10.0. The molecule has 0 saturated carbocycles. The SMILES string of the molecule is CC(=O)N/C(=C\c1c[nH]c2ccccc12)C(=O)N[C@@H](Cc1c[nH]c2ccccc12)C(=O)O. The Bertz CT molecular complexity index is 1350. The number of fused-ring (bicyclic) bond motifs is 2. The van der Waals surface area contributed by atoms with Gasteiger partial charge in [0.1, 0.15) is 11.7 Å². The van der Waals surface area contributed by atoms with E-state index < -0.39 is 23.8 Å². The molecule has 4 aromatic rings. The molecule has 0 aliphatic rings. The number of H-pyrrole nitrogens is 2. The fourth-order valence-electron chi connectivity index (χ4n) is 3.67. The zero-order valence-corrected chi connectivity index (χ0v) is 17.3. The molecule has 5 N–H and O–H groups in total. The van der Waals surface area contributed by atoms with Crippen LogP contribution in [-0.4, -0.2) is 38.9 Å². The van der Waals surface area contributed by atoms with Crippen molar-refractivity contribution in [3.63, 3.8) is 0 Å². The van der Waals surface area contributed by atoms with Crippen LogP contribution in [0.2, 0.25) is 0 Å². The largest absolute Gasteiger partial charge is 0.480 e. The number of hydrogen-bond donors (Lipinski definition) is 5. The summed E-state index contributed by atoms with van der Waals surface area (Å²) in [6, 6.07) is 13.9. The van der Waals surface area contributed by atoms with Gasteiger partial charge in [0.2, 0.25) is 5.91 Å². The standard InChI is InChI=1S/C24H22N4O4/c1-14(29)27-21(10-15-12-25-19-8-4-2-6-17(15)19)23(30)28-22(24(31)32)11-16-13-26-20-9-5-3-7-18(16)20/h2-10,12-13,22,25-26H,11H2,1H3,(H,27,29)(H,28,30)(H,31,32)/b21-10-/t22-/m0/s1. The first-order valence-electron chi connectivity index (χ1n) is 10.1. The van der Waals surface area contributed by atoms with E-state index in [0.29, 0.717) is 5.56 Å². The van der Waals surface area contributed by atoms with Gasteiger partial charge in [-0.2, -0.15) is 0 Å². The molecule has 0 radical (unpaired) electrons. The van der Waals surface area contributed by atoms with E-state index in [4.69, 9.17) is 0 Å². The zero-order chi connectivity index (χ0) is 22.7. The first-order valence-corrected chi connectivity index (χ1v) is 10.1. The maximum absolute atomic E-state index is 13.0. The van der Waals surface area contributed by atoms with Gasteiger partial charge >= 0.3 is 5.97 Å². The van der Waals surface area contributed by atoms with E-state index in [0.717, 1.165) is 27.4 Å². The smallest absolute Gasteiger partial charge is 0.326 e. The van der Waals surface area contributed by atoms with Crippen molar-refractivity contribution in [2.45, 2.75) is 19.4 Å². The molecule has 2 aromatic carbocycles. The fraction of sp³-hybridized carbons (Fsp3) is 0.125. The molecule has 0 aliphatic carbocycles. The molecule has 0 aliphatic heterocycles. The molecule has 8 nitrogen and oxygen atoms in total. The van der Waals surface area contributed by atoms with Crippen LogP contribution >= 0.6 is 0 Å². The third-order valence-electron chi connectivity index (χ3n) is 5.18. The summed E-state index contributed by atoms with van der Waals surface area (Å²) >= 11 is 0. The van der Waals surface area contributed by atoms with Crippen molar-refractivity contribution in [3.05, 3.63) is 77.7 Å². The molecule has 0 saturated heterocycles. The predicted octanol–water partition coefficient (Wildman–Crippen LogP) is 2.94. The van der Waals surface area contributed by atoms with Crippen molar-refractivity contribution in [2.24, 2.45) is 0 Å². The second-order valence-corrected chi connectivity index (χ2v) is 7.46. The third-order valence-corrected chi connectivity index (χ3v) is 5.18. The van der Waals surface area contributed by atoms with Gasteiger partial charge in [-0.3, -0.25) is 9.59 Å². The molecule has 1 atom stereocenters. The maximum atomic E-state index is 13.0. The highest BCUT2D eigenvalue weighted by Crippen LogP contribution is 2.21. The van der Waals surface area contributed by atoms with E-state index >= 15 is 0 Å². The Hall–Kier alpha value is -4.33. The minimum Gasteiger partial charge on any atom is -0.480 e. The van der Waals surface area contributed by atoms with Gasteiger partial charge in [-0.15, -0.1) is 0 Å². The van der Waals surface area contributed by atoms with Crippen LogP contribution in [0.1, 0.15) is 18.1 Å². The van der Waals surface area contributed by atoms with E-state index in [-0.39, 0.29) is 12.1 Å². The molecule has 0 spiro atoms. The molecular weight excluding hydrogens is 408 g/mol. The summed E-state index contributed by atoms with van der Waals surface area (Å²) in [6.45, 7) is 1.29. The summed E-state index contributed by atoms with van der Waals surface area (Å²) in [4.78, 5) is 42.8. The Morgan fingerprint density at radius 1 is 0.969 bits per heavy atom. The summed E-state index contributed by atoms with van der Waals surface area (Å²) in [5, 5.41) is 16.5. The zero-order valence-electron chi connectivity index (χ0n) is 17.3. The van der Waals surface area contributed by atoms with E-state index in [2.05, 4.69) is 20.6 Å². The van der Waals surface area contributed by atoms with Crippen molar-refractivity contribution in [2.75, 3.05) is 0 Å². The number of rotatable bonds is 7. The number of carbonyl (C=O) groups excluding carboxylic acids is 2. The number of para-hydroxylation sites is 2. The lowest BCUT2D eigenvalue weighted by molar-refractivity contribution is -0.141. The number of carbonyl (C=O) groups is 3. The van der Waals surface area contributed by atoms with Crippen molar-refractivity contribution in [1.82, 2.24) is 20.6 Å². The van der Waals surface area contributed by atoms with Gasteiger partial charge in [0.25, 0.3) is 5.91 Å². The molecular formula is C24H22N4O4. The number of benzene rings is 2. The number of aromatic amines is 2. The lowest BCUT2D eigenvalue weighted by Crippen LogP contribution is -2.45. The maximum Gasteiger partial charge on any atom is 0.326 e. The van der Waals surface area contributed by atoms with Crippen molar-refractivity contribution in [1.29, 1.82) is 0 Å². The van der Waals surface area contributed by atoms with Crippen LogP contribution in [0.5, 0.6) is 0 Å². The fourth-order valence-corrected chi connectivity index (χ4v) is 3.67. The lowest BCUT2D eigenvalue weighted by Gasteiger charge is -2.16. The van der Waals surface area contributed by atoms with Gasteiger partial charge < -0.3 is 25.7 Å². The molecule has 2 amide bonds. The summed E-state index contributed by atoms with van der Waals surface area (Å²) in [5.41, 5.74) is 3.20. The second kappa shape index (κ2) is 8.81. The minimum absolute atomic E-state index is 0.0348. The van der Waals surface area contributed by atoms with E-state index in [1.807, 2.05) is 48.5 Å². The van der Waals surface area contributed by atoms with Crippen LogP contribution in [0.15, 0.2) is 66.6 Å². The van der Waals surface area contributed by atoms with Crippen LogP contribution in [0, 0.1) is 0 Å². The first kappa shape index (κ1) is 20.9. The van der Waals surface area contributed by atoms with E-state index in [9.17, 15) is 19.5 Å². The monoisotopic (exact) mass is 430 g/mol. The number of nitrogens with one attached hydrogen (secondary N) is 4. The number of hydrogen-bond acceptors (Lipinski definition) is 3. The highest BCUT2D eigenvalue weighted by molar-refractivity contribution is 6.04. The van der Waals surface area contributed by atoms with E-state index in [1.54, 1.807) is 12.4 Å². The molecule has 162 valence electrons. The second-order valence-electron chi connectivity index (χ2n) is 7.46. The minimum atomic E-state index is -1.18. The van der Waals surface area contributed by atoms with Gasteiger partial charge in [-0.05, 0) is 23.8 Å². The molecule has 32 heavy (non-hydrogen) atoms. The van der Waals surface area contributed by atoms with E-state index in [1.165, 1.54) is 13.0 Å². The number of carboxylic acid groups (broad SMARTS) is 1. The van der Waals surface area contributed by atoms with Crippen molar-refractivity contribution < 1.29 is 19.5 Å². The number of carboxylic acids is 1. The van der Waals surface area contributed by atoms with Crippen LogP contribution in [0.4, 0.5) is 0 Å². The highest BCUT2D eigenvalue weighted by atomic mass is 16.4. The van der Waals surface area contributed by atoms with Crippen LogP contribution in [0.25, 0.3) is 27.9 Å². The van der Waals surface area contributed by atoms with Crippen LogP contribution in [-0.2, 0) is 20.8 Å². The van der Waals surface area contributed by atoms with Gasteiger partial charge in [0.15, 0.2) is 0 Å². The summed E-state index contributed by atoms with van der Waals surface area (Å²) in [5.74, 6) is -2.29. The van der Waals surface area contributed by atoms with Gasteiger partial charge in [0, 0.05) is 53.1 Å². The number of amides is 2. The molecule has 2 heterocycles. The van der Waals surface area contributed by atoms with Gasteiger partial charge in [-0.1, -0.05) is 36.4 Å². The Kier molecular flexibility index (Phi) is 5.76. The van der Waals surface area contributed by atoms with Gasteiger partial charge in [0.05, 0.1) is 0 Å². The number of aromatic nitrogens is 2. The molecule has 8 heteroatoms. The average Bonchev–Trinajstić information content (AvgIpc) is 3.37. The topological polar surface area (TPSA) is 127 Å². The first-order chi connectivity index (χ1) is 15.4. The third kappa shape index (κ3) is 4.39. The summed E-state index contributed by atoms with van der Waals surface area (Å²) in [6.07, 6.45) is 5.08. The average molecular weight is 430 g/mol. The Labute approximate surface area is 183 Å². The molecule has 2 aromatic heterocycles. The van der Waals surface area contributed by atoms with Crippen LogP contribution < -0.4 is 10.6 Å². The highest BCUT2D eigenvalue weighted by Gasteiger charge is 2.24. The molecule has 0 unspecified atom stereocenters. The Balaban J connectivity index is 1.61. The normalized spacial score (nSPS) is 12.6. The van der Waals surface area contributed by atoms with Gasteiger partial charge in [-0.25, -0.2) is 4.79 Å². The summed E-state index contributed by atoms with van der Waals surface area (Å²) in [7, 11) is 0. The van der Waals surface area contributed by atoms with Crippen LogP contribution in [0.3, 0.4) is 0 Å². The molecule has 0 bridgehead atoms. The Morgan fingerprint density at radius 3 is 2.28 bits per heavy atom. The molecule has 0 fully saturated rings. The quantitative estimate of drug-likeness (QED) is 0.289. The van der Waals surface area contributed by atoms with Crippen molar-refractivity contribution >= 4 is 45.7 Å². The van der Waals surface area contributed by atoms with Crippen molar-refractivity contribution in [3.8, 4) is 0 Å². The predicted molar refractivity (Wildman–Crippen MR) is 122 cm³/mol. The molecule has 4 rings (SSSR count). The number of aliphatic carboxylic acids is 1.